The third kappa shape index (κ3) is 4.75. The highest BCUT2D eigenvalue weighted by Gasteiger charge is 2.31. The lowest BCUT2D eigenvalue weighted by atomic mass is 9.95. The van der Waals surface area contributed by atoms with Crippen molar-refractivity contribution >= 4 is 11.7 Å². The van der Waals surface area contributed by atoms with Crippen LogP contribution in [0.2, 0.25) is 0 Å². The molecule has 1 saturated heterocycles. The molecule has 0 radical (unpaired) electrons. The van der Waals surface area contributed by atoms with Crippen LogP contribution in [0.3, 0.4) is 0 Å². The standard InChI is InChI=1S/C19H21F3N4O/c1-13(14-4-8-23-9-5-14)25-18(27)15-6-10-26(11-7-15)17-3-2-16(12-24-17)19(20,21)22/h2-5,8-9,12-13,15H,6-7,10-11H2,1H3,(H,25,27)/t13-/m0/s1. The van der Waals surface area contributed by atoms with E-state index in [4.69, 9.17) is 0 Å². The van der Waals surface area contributed by atoms with Gasteiger partial charge >= 0.3 is 6.18 Å². The van der Waals surface area contributed by atoms with Crippen molar-refractivity contribution in [2.24, 2.45) is 5.92 Å². The van der Waals surface area contributed by atoms with Crippen LogP contribution in [0.5, 0.6) is 0 Å². The Kier molecular flexibility index (Phi) is 5.62. The number of anilines is 1. The average Bonchev–Trinajstić information content (AvgIpc) is 2.68. The fourth-order valence-electron chi connectivity index (χ4n) is 3.18. The number of halogens is 3. The van der Waals surface area contributed by atoms with Crippen molar-refractivity contribution in [1.82, 2.24) is 15.3 Å². The Morgan fingerprint density at radius 3 is 2.41 bits per heavy atom. The zero-order valence-corrected chi connectivity index (χ0v) is 14.9. The highest BCUT2D eigenvalue weighted by molar-refractivity contribution is 5.79. The first kappa shape index (κ1) is 19.1. The lowest BCUT2D eigenvalue weighted by Gasteiger charge is -2.32. The van der Waals surface area contributed by atoms with E-state index in [2.05, 4.69) is 15.3 Å². The van der Waals surface area contributed by atoms with Gasteiger partial charge in [-0.25, -0.2) is 4.98 Å². The van der Waals surface area contributed by atoms with Crippen molar-refractivity contribution in [3.63, 3.8) is 0 Å². The van der Waals surface area contributed by atoms with Gasteiger partial charge < -0.3 is 10.2 Å². The Labute approximate surface area is 155 Å². The maximum absolute atomic E-state index is 12.6. The van der Waals surface area contributed by atoms with Crippen molar-refractivity contribution < 1.29 is 18.0 Å². The molecule has 0 saturated carbocycles. The molecule has 1 N–H and O–H groups in total. The topological polar surface area (TPSA) is 58.1 Å². The predicted octanol–water partition coefficient (Wildman–Crippen LogP) is 3.59. The second-order valence-corrected chi connectivity index (χ2v) is 6.67. The number of nitrogens with one attached hydrogen (secondary N) is 1. The highest BCUT2D eigenvalue weighted by atomic mass is 19.4. The molecule has 2 aromatic heterocycles. The smallest absolute Gasteiger partial charge is 0.357 e. The van der Waals surface area contributed by atoms with Gasteiger partial charge in [-0.2, -0.15) is 13.2 Å². The van der Waals surface area contributed by atoms with Crippen molar-refractivity contribution in [2.45, 2.75) is 32.0 Å². The van der Waals surface area contributed by atoms with Gasteiger partial charge in [0, 0.05) is 37.6 Å². The average molecular weight is 378 g/mol. The number of carbonyl (C=O) groups is 1. The Hall–Kier alpha value is -2.64. The quantitative estimate of drug-likeness (QED) is 0.883. The zero-order chi connectivity index (χ0) is 19.4. The van der Waals surface area contributed by atoms with Crippen molar-refractivity contribution in [3.8, 4) is 0 Å². The van der Waals surface area contributed by atoms with Crippen molar-refractivity contribution in [1.29, 1.82) is 0 Å². The Balaban J connectivity index is 1.53. The van der Waals surface area contributed by atoms with Crippen LogP contribution in [-0.4, -0.2) is 29.0 Å². The van der Waals surface area contributed by atoms with Crippen LogP contribution in [0.25, 0.3) is 0 Å². The molecule has 8 heteroatoms. The predicted molar refractivity (Wildman–Crippen MR) is 95.0 cm³/mol. The number of pyridine rings is 2. The Morgan fingerprint density at radius 2 is 1.85 bits per heavy atom. The van der Waals surface area contributed by atoms with E-state index in [0.29, 0.717) is 31.7 Å². The highest BCUT2D eigenvalue weighted by Crippen LogP contribution is 2.30. The number of nitrogens with zero attached hydrogens (tertiary/aromatic N) is 3. The van der Waals surface area contributed by atoms with Crippen LogP contribution in [-0.2, 0) is 11.0 Å². The third-order valence-corrected chi connectivity index (χ3v) is 4.83. The number of aromatic nitrogens is 2. The number of rotatable bonds is 4. The zero-order valence-electron chi connectivity index (χ0n) is 14.9. The van der Waals surface area contributed by atoms with E-state index in [1.807, 2.05) is 24.0 Å². The molecule has 0 aromatic carbocycles. The summed E-state index contributed by atoms with van der Waals surface area (Å²) < 4.78 is 37.9. The molecule has 27 heavy (non-hydrogen) atoms. The Morgan fingerprint density at radius 1 is 1.19 bits per heavy atom. The molecule has 2 aromatic rings. The van der Waals surface area contributed by atoms with Gasteiger partial charge in [0.15, 0.2) is 0 Å². The number of hydrogen-bond donors (Lipinski definition) is 1. The second-order valence-electron chi connectivity index (χ2n) is 6.67. The number of alkyl halides is 3. The van der Waals surface area contributed by atoms with E-state index in [1.54, 1.807) is 12.4 Å². The summed E-state index contributed by atoms with van der Waals surface area (Å²) in [4.78, 5) is 22.3. The van der Waals surface area contributed by atoms with Gasteiger partial charge in [-0.1, -0.05) is 0 Å². The SMILES string of the molecule is C[C@H](NC(=O)C1CCN(c2ccc(C(F)(F)F)cn2)CC1)c1ccncc1. The largest absolute Gasteiger partial charge is 0.417 e. The molecule has 1 atom stereocenters. The lowest BCUT2D eigenvalue weighted by Crippen LogP contribution is -2.41. The van der Waals surface area contributed by atoms with Crippen LogP contribution in [0.4, 0.5) is 19.0 Å². The number of carbonyl (C=O) groups excluding carboxylic acids is 1. The monoisotopic (exact) mass is 378 g/mol. The molecule has 1 amide bonds. The first-order valence-electron chi connectivity index (χ1n) is 8.83. The summed E-state index contributed by atoms with van der Waals surface area (Å²) in [5, 5.41) is 3.02. The van der Waals surface area contributed by atoms with Gasteiger partial charge in [0.05, 0.1) is 11.6 Å². The Bertz CT molecular complexity index is 757. The number of piperidine rings is 1. The molecule has 0 unspecified atom stereocenters. The van der Waals surface area contributed by atoms with Gasteiger partial charge in [0.2, 0.25) is 5.91 Å². The fourth-order valence-corrected chi connectivity index (χ4v) is 3.18. The molecular weight excluding hydrogens is 357 g/mol. The molecule has 144 valence electrons. The van der Waals surface area contributed by atoms with Crippen molar-refractivity contribution in [3.05, 3.63) is 54.0 Å². The van der Waals surface area contributed by atoms with Crippen LogP contribution >= 0.6 is 0 Å². The minimum Gasteiger partial charge on any atom is -0.357 e. The summed E-state index contributed by atoms with van der Waals surface area (Å²) in [6.07, 6.45) is 1.11. The maximum Gasteiger partial charge on any atom is 0.417 e. The van der Waals surface area contributed by atoms with Gasteiger partial charge in [-0.3, -0.25) is 9.78 Å². The maximum atomic E-state index is 12.6. The van der Waals surface area contributed by atoms with Crippen LogP contribution < -0.4 is 10.2 Å². The molecular formula is C19H21F3N4O. The molecule has 0 bridgehead atoms. The molecule has 0 spiro atoms. The number of amides is 1. The fraction of sp³-hybridized carbons (Fsp3) is 0.421. The lowest BCUT2D eigenvalue weighted by molar-refractivity contribution is -0.137. The first-order valence-corrected chi connectivity index (χ1v) is 8.83. The van der Waals surface area contributed by atoms with E-state index >= 15 is 0 Å². The van der Waals surface area contributed by atoms with Crippen LogP contribution in [0.1, 0.15) is 36.9 Å². The molecule has 1 aliphatic heterocycles. The summed E-state index contributed by atoms with van der Waals surface area (Å²) in [5.74, 6) is 0.395. The van der Waals surface area contributed by atoms with Gasteiger partial charge in [-0.05, 0) is 49.6 Å². The van der Waals surface area contributed by atoms with Crippen LogP contribution in [0.15, 0.2) is 42.9 Å². The van der Waals surface area contributed by atoms with Gasteiger partial charge in [0.25, 0.3) is 0 Å². The molecule has 3 heterocycles. The summed E-state index contributed by atoms with van der Waals surface area (Å²) in [6.45, 7) is 3.09. The molecule has 1 fully saturated rings. The van der Waals surface area contributed by atoms with E-state index in [-0.39, 0.29) is 17.9 Å². The summed E-state index contributed by atoms with van der Waals surface area (Å²) >= 11 is 0. The van der Waals surface area contributed by atoms with Gasteiger partial charge in [-0.15, -0.1) is 0 Å². The van der Waals surface area contributed by atoms with Crippen LogP contribution in [0, 0.1) is 5.92 Å². The molecule has 1 aliphatic rings. The minimum absolute atomic E-state index is 0.000610. The molecule has 3 rings (SSSR count). The van der Waals surface area contributed by atoms with E-state index in [0.717, 1.165) is 17.8 Å². The molecule has 5 nitrogen and oxygen atoms in total. The number of hydrogen-bond acceptors (Lipinski definition) is 4. The summed E-state index contributed by atoms with van der Waals surface area (Å²) in [6, 6.07) is 6.05. The van der Waals surface area contributed by atoms with Gasteiger partial charge in [0.1, 0.15) is 5.82 Å². The first-order chi connectivity index (χ1) is 12.8. The normalized spacial score (nSPS) is 16.8. The van der Waals surface area contributed by atoms with E-state index < -0.39 is 11.7 Å². The minimum atomic E-state index is -4.39. The second kappa shape index (κ2) is 7.94. The van der Waals surface area contributed by atoms with Crippen molar-refractivity contribution in [2.75, 3.05) is 18.0 Å². The van der Waals surface area contributed by atoms with E-state index in [1.165, 1.54) is 6.07 Å². The summed E-state index contributed by atoms with van der Waals surface area (Å²) in [7, 11) is 0. The summed E-state index contributed by atoms with van der Waals surface area (Å²) in [5.41, 5.74) is 0.232. The molecule has 0 aliphatic carbocycles. The third-order valence-electron chi connectivity index (χ3n) is 4.83. The van der Waals surface area contributed by atoms with E-state index in [9.17, 15) is 18.0 Å².